The first-order valence-corrected chi connectivity index (χ1v) is 6.33. The van der Waals surface area contributed by atoms with E-state index in [1.165, 1.54) is 19.1 Å². The molecule has 0 aromatic heterocycles. The summed E-state index contributed by atoms with van der Waals surface area (Å²) in [5.41, 5.74) is -0.585. The molecule has 0 aliphatic heterocycles. The first-order valence-electron chi connectivity index (χ1n) is 4.67. The lowest BCUT2D eigenvalue weighted by Gasteiger charge is -2.14. The standard InChI is InChI=1S/C11H10ClF3OS/c1-6(16)10(12)7-3-4-9(17-2)8(5-7)11(13,14)15/h3-5,10H,1-2H3. The van der Waals surface area contributed by atoms with Crippen LogP contribution < -0.4 is 0 Å². The Hall–Kier alpha value is -0.680. The van der Waals surface area contributed by atoms with Crippen molar-refractivity contribution in [2.75, 3.05) is 6.26 Å². The van der Waals surface area contributed by atoms with Gasteiger partial charge < -0.3 is 0 Å². The lowest BCUT2D eigenvalue weighted by molar-refractivity contribution is -0.139. The quantitative estimate of drug-likeness (QED) is 0.607. The highest BCUT2D eigenvalue weighted by atomic mass is 35.5. The Labute approximate surface area is 106 Å². The van der Waals surface area contributed by atoms with Gasteiger partial charge in [0.2, 0.25) is 0 Å². The minimum absolute atomic E-state index is 0.119. The van der Waals surface area contributed by atoms with E-state index in [0.29, 0.717) is 0 Å². The lowest BCUT2D eigenvalue weighted by Crippen LogP contribution is -2.09. The van der Waals surface area contributed by atoms with Gasteiger partial charge in [0.1, 0.15) is 5.38 Å². The zero-order valence-corrected chi connectivity index (χ0v) is 10.7. The third-order valence-corrected chi connectivity index (χ3v) is 3.53. The maximum Gasteiger partial charge on any atom is 0.417 e. The molecule has 0 amide bonds. The van der Waals surface area contributed by atoms with Crippen LogP contribution in [0.3, 0.4) is 0 Å². The van der Waals surface area contributed by atoms with E-state index in [2.05, 4.69) is 0 Å². The molecule has 0 saturated heterocycles. The second kappa shape index (κ2) is 5.31. The fourth-order valence-corrected chi connectivity index (χ4v) is 2.07. The average Bonchev–Trinajstić information content (AvgIpc) is 2.25. The van der Waals surface area contributed by atoms with Crippen LogP contribution in [0.1, 0.15) is 23.4 Å². The molecule has 1 aromatic carbocycles. The van der Waals surface area contributed by atoms with E-state index in [4.69, 9.17) is 11.6 Å². The average molecular weight is 283 g/mol. The van der Waals surface area contributed by atoms with Gasteiger partial charge in [-0.1, -0.05) is 6.07 Å². The highest BCUT2D eigenvalue weighted by molar-refractivity contribution is 7.98. The zero-order chi connectivity index (χ0) is 13.2. The molecule has 0 spiro atoms. The molecule has 0 saturated carbocycles. The first-order chi connectivity index (χ1) is 7.77. The van der Waals surface area contributed by atoms with Gasteiger partial charge in [0.05, 0.1) is 5.56 Å². The molecule has 1 aromatic rings. The van der Waals surface area contributed by atoms with Crippen molar-refractivity contribution in [2.45, 2.75) is 23.4 Å². The van der Waals surface area contributed by atoms with Crippen molar-refractivity contribution < 1.29 is 18.0 Å². The van der Waals surface area contributed by atoms with E-state index < -0.39 is 17.1 Å². The van der Waals surface area contributed by atoms with Crippen LogP contribution in [0, 0.1) is 0 Å². The van der Waals surface area contributed by atoms with E-state index in [1.807, 2.05) is 0 Å². The second-order valence-corrected chi connectivity index (χ2v) is 4.72. The highest BCUT2D eigenvalue weighted by Gasteiger charge is 2.34. The Morgan fingerprint density at radius 3 is 2.41 bits per heavy atom. The maximum atomic E-state index is 12.7. The Bertz CT molecular complexity index is 431. The van der Waals surface area contributed by atoms with Crippen LogP contribution in [0.4, 0.5) is 13.2 Å². The van der Waals surface area contributed by atoms with Crippen molar-refractivity contribution in [1.82, 2.24) is 0 Å². The van der Waals surface area contributed by atoms with Crippen molar-refractivity contribution in [3.05, 3.63) is 29.3 Å². The van der Waals surface area contributed by atoms with Crippen molar-refractivity contribution in [1.29, 1.82) is 0 Å². The molecular formula is C11H10ClF3OS. The number of carbonyl (C=O) groups excluding carboxylic acids is 1. The molecule has 1 unspecified atom stereocenters. The van der Waals surface area contributed by atoms with Crippen molar-refractivity contribution in [2.24, 2.45) is 0 Å². The summed E-state index contributed by atoms with van der Waals surface area (Å²) in [5, 5.41) is -1.04. The van der Waals surface area contributed by atoms with Gasteiger partial charge in [-0.05, 0) is 30.9 Å². The van der Waals surface area contributed by atoms with E-state index in [-0.39, 0.29) is 16.2 Å². The number of benzene rings is 1. The maximum absolute atomic E-state index is 12.7. The molecule has 0 aliphatic carbocycles. The third kappa shape index (κ3) is 3.39. The van der Waals surface area contributed by atoms with Crippen molar-refractivity contribution >= 4 is 29.1 Å². The summed E-state index contributed by atoms with van der Waals surface area (Å²) in [7, 11) is 0. The Balaban J connectivity index is 3.27. The molecule has 0 aliphatic rings. The van der Waals surface area contributed by atoms with Crippen molar-refractivity contribution in [3.8, 4) is 0 Å². The minimum Gasteiger partial charge on any atom is -0.298 e. The molecule has 17 heavy (non-hydrogen) atoms. The highest BCUT2D eigenvalue weighted by Crippen LogP contribution is 2.38. The predicted molar refractivity (Wildman–Crippen MR) is 62.5 cm³/mol. The number of alkyl halides is 4. The molecule has 0 N–H and O–H groups in total. The first kappa shape index (κ1) is 14.4. The van der Waals surface area contributed by atoms with Crippen LogP contribution in [0.25, 0.3) is 0 Å². The van der Waals surface area contributed by atoms with Gasteiger partial charge >= 0.3 is 6.18 Å². The van der Waals surface area contributed by atoms with Gasteiger partial charge in [-0.3, -0.25) is 4.79 Å². The molecule has 0 fully saturated rings. The Kier molecular flexibility index (Phi) is 4.49. The van der Waals surface area contributed by atoms with Crippen LogP contribution in [0.5, 0.6) is 0 Å². The van der Waals surface area contributed by atoms with Crippen LogP contribution in [0.2, 0.25) is 0 Å². The summed E-state index contributed by atoms with van der Waals surface area (Å²) in [5.74, 6) is -0.378. The van der Waals surface area contributed by atoms with Gasteiger partial charge in [0, 0.05) is 4.90 Å². The van der Waals surface area contributed by atoms with E-state index >= 15 is 0 Å². The van der Waals surface area contributed by atoms with Gasteiger partial charge in [-0.15, -0.1) is 23.4 Å². The van der Waals surface area contributed by atoms with Gasteiger partial charge in [-0.2, -0.15) is 13.2 Å². The minimum atomic E-state index is -4.44. The second-order valence-electron chi connectivity index (χ2n) is 3.43. The molecule has 1 atom stereocenters. The summed E-state index contributed by atoms with van der Waals surface area (Å²) in [6.07, 6.45) is -2.88. The summed E-state index contributed by atoms with van der Waals surface area (Å²) >= 11 is 6.74. The van der Waals surface area contributed by atoms with Crippen LogP contribution in [0.15, 0.2) is 23.1 Å². The topological polar surface area (TPSA) is 17.1 Å². The molecular weight excluding hydrogens is 273 g/mol. The molecule has 1 rings (SSSR count). The van der Waals surface area contributed by atoms with Gasteiger partial charge in [0.15, 0.2) is 5.78 Å². The fourth-order valence-electron chi connectivity index (χ4n) is 1.34. The molecule has 0 radical (unpaired) electrons. The Morgan fingerprint density at radius 1 is 1.41 bits per heavy atom. The lowest BCUT2D eigenvalue weighted by atomic mass is 10.1. The van der Waals surface area contributed by atoms with Crippen LogP contribution in [-0.4, -0.2) is 12.0 Å². The number of hydrogen-bond donors (Lipinski definition) is 0. The molecule has 0 bridgehead atoms. The van der Waals surface area contributed by atoms with Crippen LogP contribution >= 0.6 is 23.4 Å². The number of halogens is 4. The summed E-state index contributed by atoms with van der Waals surface area (Å²) in [6, 6.07) is 3.71. The largest absolute Gasteiger partial charge is 0.417 e. The SMILES string of the molecule is CSc1ccc(C(Cl)C(C)=O)cc1C(F)(F)F. The number of rotatable bonds is 3. The molecule has 1 nitrogen and oxygen atoms in total. The number of carbonyl (C=O) groups is 1. The summed E-state index contributed by atoms with van der Waals surface area (Å²) in [6.45, 7) is 1.24. The monoisotopic (exact) mass is 282 g/mol. The number of thioether (sulfide) groups is 1. The summed E-state index contributed by atoms with van der Waals surface area (Å²) in [4.78, 5) is 11.2. The molecule has 6 heteroatoms. The summed E-state index contributed by atoms with van der Waals surface area (Å²) < 4.78 is 38.2. The normalized spacial score (nSPS) is 13.5. The Morgan fingerprint density at radius 2 is 2.00 bits per heavy atom. The third-order valence-electron chi connectivity index (χ3n) is 2.18. The predicted octanol–water partition coefficient (Wildman–Crippen LogP) is 4.30. The molecule has 0 heterocycles. The van der Waals surface area contributed by atoms with E-state index in [1.54, 1.807) is 6.26 Å². The zero-order valence-electron chi connectivity index (χ0n) is 9.14. The van der Waals surface area contributed by atoms with Gasteiger partial charge in [-0.25, -0.2) is 0 Å². The van der Waals surface area contributed by atoms with Crippen molar-refractivity contribution in [3.63, 3.8) is 0 Å². The molecule has 94 valence electrons. The number of ketones is 1. The van der Waals surface area contributed by atoms with Gasteiger partial charge in [0.25, 0.3) is 0 Å². The smallest absolute Gasteiger partial charge is 0.298 e. The fraction of sp³-hybridized carbons (Fsp3) is 0.364. The van der Waals surface area contributed by atoms with Crippen LogP contribution in [-0.2, 0) is 11.0 Å². The van der Waals surface area contributed by atoms with E-state index in [9.17, 15) is 18.0 Å². The number of hydrogen-bond acceptors (Lipinski definition) is 2. The van der Waals surface area contributed by atoms with E-state index in [0.717, 1.165) is 17.8 Å². The number of Topliss-reactive ketones (excluding diaryl/α,β-unsaturated/α-hetero) is 1.